The van der Waals surface area contributed by atoms with Gasteiger partial charge in [-0.3, -0.25) is 14.2 Å². The molecule has 0 aromatic rings. The van der Waals surface area contributed by atoms with Gasteiger partial charge in [-0.25, -0.2) is 0 Å². The molecule has 0 amide bonds. The molecule has 0 spiro atoms. The molecule has 0 aliphatic rings. The highest BCUT2D eigenvalue weighted by Crippen LogP contribution is 2.38. The van der Waals surface area contributed by atoms with E-state index in [9.17, 15) is 19.0 Å². The smallest absolute Gasteiger partial charge is 0.306 e. The summed E-state index contributed by atoms with van der Waals surface area (Å²) in [6.07, 6.45) is 66.3. The third-order valence-electron chi connectivity index (χ3n) is 13.7. The minimum Gasteiger partial charge on any atom is -0.756 e. The molecule has 72 heavy (non-hydrogen) atoms. The Morgan fingerprint density at radius 2 is 0.750 bits per heavy atom. The van der Waals surface area contributed by atoms with Crippen LogP contribution in [-0.4, -0.2) is 70.0 Å². The molecule has 0 aliphatic heterocycles. The van der Waals surface area contributed by atoms with Crippen molar-refractivity contribution in [1.29, 1.82) is 0 Å². The number of phosphoric ester groups is 1. The fraction of sp³-hybridized carbons (Fsp3) is 0.871. The molecule has 0 saturated heterocycles. The molecular formula is C62H118NO8P. The van der Waals surface area contributed by atoms with E-state index in [-0.39, 0.29) is 32.0 Å². The number of ether oxygens (including phenoxy) is 2. The molecule has 9 nitrogen and oxygen atoms in total. The Morgan fingerprint density at radius 3 is 1.14 bits per heavy atom. The first-order valence-electron chi connectivity index (χ1n) is 30.7. The Balaban J connectivity index is 4.06. The van der Waals surface area contributed by atoms with Gasteiger partial charge in [-0.1, -0.05) is 269 Å². The number of allylic oxidation sites excluding steroid dienone is 6. The van der Waals surface area contributed by atoms with E-state index in [1.54, 1.807) is 0 Å². The normalized spacial score (nSPS) is 13.5. The summed E-state index contributed by atoms with van der Waals surface area (Å²) in [5.74, 6) is -0.834. The number of carbonyl (C=O) groups is 2. The van der Waals surface area contributed by atoms with Gasteiger partial charge in [-0.15, -0.1) is 0 Å². The van der Waals surface area contributed by atoms with Crippen LogP contribution in [0.1, 0.15) is 296 Å². The highest BCUT2D eigenvalue weighted by atomic mass is 31.2. The molecule has 0 radical (unpaired) electrons. The molecule has 0 fully saturated rings. The van der Waals surface area contributed by atoms with Crippen LogP contribution in [0.2, 0.25) is 0 Å². The maximum Gasteiger partial charge on any atom is 0.306 e. The SMILES string of the molecule is CCCCC/C=C\C/C=C\C/C=C\CCCCCCCCC(=O)OC(COC(=O)CCCCCCCCCCCCCCCCCCCCCCCCCCCCCCC)COP(=O)([O-])OCC[N+](C)(C)C. The molecule has 10 heteroatoms. The molecule has 2 atom stereocenters. The minimum absolute atomic E-state index is 0.0325. The predicted molar refractivity (Wildman–Crippen MR) is 305 cm³/mol. The predicted octanol–water partition coefficient (Wildman–Crippen LogP) is 18.5. The van der Waals surface area contributed by atoms with E-state index >= 15 is 0 Å². The summed E-state index contributed by atoms with van der Waals surface area (Å²) in [7, 11) is 1.17. The standard InChI is InChI=1S/C62H118NO8P/c1-6-8-10-12-14-16-18-20-22-24-26-27-28-29-30-31-32-33-34-35-37-38-40-42-44-46-48-50-52-54-61(64)68-58-60(59-70-72(66,67)69-57-56-63(3,4)5)71-62(65)55-53-51-49-47-45-43-41-39-36-25-23-21-19-17-15-13-11-9-7-2/h15,17,21,23,36,39,60H,6-14,16,18-20,22,24-35,37-38,40-59H2,1-5H3/b17-15-,23-21-,39-36-. The number of carbonyl (C=O) groups excluding carboxylic acids is 2. The van der Waals surface area contributed by atoms with Gasteiger partial charge in [0.25, 0.3) is 7.82 Å². The van der Waals surface area contributed by atoms with Crippen LogP contribution < -0.4 is 4.89 Å². The van der Waals surface area contributed by atoms with E-state index in [1.807, 2.05) is 21.1 Å². The van der Waals surface area contributed by atoms with Crippen molar-refractivity contribution in [3.63, 3.8) is 0 Å². The van der Waals surface area contributed by atoms with Crippen molar-refractivity contribution < 1.29 is 42.1 Å². The Hall–Kier alpha value is -1.77. The van der Waals surface area contributed by atoms with Crippen LogP contribution in [-0.2, 0) is 32.7 Å². The van der Waals surface area contributed by atoms with Gasteiger partial charge in [0, 0.05) is 12.8 Å². The molecule has 0 N–H and O–H groups in total. The summed E-state index contributed by atoms with van der Waals surface area (Å²) in [5.41, 5.74) is 0. The van der Waals surface area contributed by atoms with Crippen molar-refractivity contribution in [3.8, 4) is 0 Å². The average Bonchev–Trinajstić information content (AvgIpc) is 3.34. The van der Waals surface area contributed by atoms with Gasteiger partial charge >= 0.3 is 11.9 Å². The summed E-state index contributed by atoms with van der Waals surface area (Å²) in [5, 5.41) is 0. The molecule has 0 aromatic carbocycles. The molecule has 0 rings (SSSR count). The monoisotopic (exact) mass is 1040 g/mol. The van der Waals surface area contributed by atoms with E-state index < -0.39 is 26.5 Å². The second kappa shape index (κ2) is 54.0. The number of unbranched alkanes of at least 4 members (excludes halogenated alkanes) is 37. The van der Waals surface area contributed by atoms with Crippen molar-refractivity contribution in [2.24, 2.45) is 0 Å². The number of likely N-dealkylation sites (N-methyl/N-ethyl adjacent to an activating group) is 1. The maximum absolute atomic E-state index is 12.8. The number of nitrogens with zero attached hydrogens (tertiary/aromatic N) is 1. The van der Waals surface area contributed by atoms with Crippen molar-refractivity contribution in [1.82, 2.24) is 0 Å². The molecule has 2 unspecified atom stereocenters. The number of esters is 2. The lowest BCUT2D eigenvalue weighted by Crippen LogP contribution is -2.37. The number of rotatable bonds is 57. The lowest BCUT2D eigenvalue weighted by Gasteiger charge is -2.28. The fourth-order valence-electron chi connectivity index (χ4n) is 8.90. The summed E-state index contributed by atoms with van der Waals surface area (Å²) >= 11 is 0. The van der Waals surface area contributed by atoms with Gasteiger partial charge in [0.05, 0.1) is 27.7 Å². The minimum atomic E-state index is -4.64. The highest BCUT2D eigenvalue weighted by molar-refractivity contribution is 7.45. The van der Waals surface area contributed by atoms with Crippen molar-refractivity contribution >= 4 is 19.8 Å². The van der Waals surface area contributed by atoms with Gasteiger partial charge in [0.2, 0.25) is 0 Å². The van der Waals surface area contributed by atoms with E-state index in [4.69, 9.17) is 18.5 Å². The third kappa shape index (κ3) is 57.5. The van der Waals surface area contributed by atoms with E-state index in [2.05, 4.69) is 50.3 Å². The van der Waals surface area contributed by atoms with Crippen molar-refractivity contribution in [2.75, 3.05) is 47.5 Å². The molecule has 0 heterocycles. The summed E-state index contributed by atoms with van der Waals surface area (Å²) < 4.78 is 34.2. The number of phosphoric acid groups is 1. The number of quaternary nitrogens is 1. The largest absolute Gasteiger partial charge is 0.756 e. The highest BCUT2D eigenvalue weighted by Gasteiger charge is 2.22. The van der Waals surface area contributed by atoms with Crippen LogP contribution in [0.5, 0.6) is 0 Å². The van der Waals surface area contributed by atoms with Gasteiger partial charge in [-0.05, 0) is 51.4 Å². The lowest BCUT2D eigenvalue weighted by molar-refractivity contribution is -0.870. The molecular weight excluding hydrogens is 918 g/mol. The first-order chi connectivity index (χ1) is 35.0. The topological polar surface area (TPSA) is 111 Å². The van der Waals surface area contributed by atoms with Crippen LogP contribution in [0.25, 0.3) is 0 Å². The first-order valence-corrected chi connectivity index (χ1v) is 32.2. The van der Waals surface area contributed by atoms with Crippen LogP contribution in [0, 0.1) is 0 Å². The summed E-state index contributed by atoms with van der Waals surface area (Å²) in [4.78, 5) is 37.9. The molecule has 0 bridgehead atoms. The summed E-state index contributed by atoms with van der Waals surface area (Å²) in [6.45, 7) is 4.24. The fourth-order valence-corrected chi connectivity index (χ4v) is 9.63. The molecule has 424 valence electrons. The molecule has 0 saturated carbocycles. The van der Waals surface area contributed by atoms with E-state index in [0.29, 0.717) is 17.4 Å². The molecule has 0 aromatic heterocycles. The van der Waals surface area contributed by atoms with Gasteiger partial charge < -0.3 is 27.9 Å². The zero-order valence-corrected chi connectivity index (χ0v) is 49.0. The van der Waals surface area contributed by atoms with Gasteiger partial charge in [0.1, 0.15) is 19.8 Å². The van der Waals surface area contributed by atoms with Crippen molar-refractivity contribution in [2.45, 2.75) is 302 Å². The second-order valence-corrected chi connectivity index (χ2v) is 23.5. The number of hydrogen-bond donors (Lipinski definition) is 0. The maximum atomic E-state index is 12.8. The van der Waals surface area contributed by atoms with Gasteiger partial charge in [0.15, 0.2) is 6.10 Å². The Kier molecular flexibility index (Phi) is 52.7. The van der Waals surface area contributed by atoms with E-state index in [1.165, 1.54) is 193 Å². The van der Waals surface area contributed by atoms with Gasteiger partial charge in [-0.2, -0.15) is 0 Å². The Bertz CT molecular complexity index is 1310. The van der Waals surface area contributed by atoms with E-state index in [0.717, 1.165) is 70.6 Å². The average molecular weight is 1040 g/mol. The molecule has 0 aliphatic carbocycles. The third-order valence-corrected chi connectivity index (χ3v) is 14.6. The van der Waals surface area contributed by atoms with Crippen LogP contribution in [0.3, 0.4) is 0 Å². The lowest BCUT2D eigenvalue weighted by atomic mass is 10.0. The van der Waals surface area contributed by atoms with Crippen LogP contribution >= 0.6 is 7.82 Å². The first kappa shape index (κ1) is 70.2. The zero-order chi connectivity index (χ0) is 52.7. The summed E-state index contributed by atoms with van der Waals surface area (Å²) in [6, 6.07) is 0. The zero-order valence-electron chi connectivity index (χ0n) is 48.1. The Labute approximate surface area is 446 Å². The van der Waals surface area contributed by atoms with Crippen LogP contribution in [0.15, 0.2) is 36.5 Å². The second-order valence-electron chi connectivity index (χ2n) is 22.1. The van der Waals surface area contributed by atoms with Crippen LogP contribution in [0.4, 0.5) is 0 Å². The Morgan fingerprint density at radius 1 is 0.431 bits per heavy atom. The quantitative estimate of drug-likeness (QED) is 0.0195. The number of hydrogen-bond acceptors (Lipinski definition) is 8. The van der Waals surface area contributed by atoms with Crippen molar-refractivity contribution in [3.05, 3.63) is 36.5 Å².